The summed E-state index contributed by atoms with van der Waals surface area (Å²) in [6, 6.07) is 0.785. The van der Waals surface area contributed by atoms with Gasteiger partial charge < -0.3 is 10.1 Å². The fraction of sp³-hybridized carbons (Fsp3) is 0.923. The first-order valence-corrected chi connectivity index (χ1v) is 6.66. The molecule has 0 radical (unpaired) electrons. The summed E-state index contributed by atoms with van der Waals surface area (Å²) in [5.41, 5.74) is 0. The number of hydrogen-bond acceptors (Lipinski definition) is 4. The minimum atomic E-state index is -0.111. The number of rotatable bonds is 5. The van der Waals surface area contributed by atoms with E-state index in [9.17, 15) is 4.79 Å². The topological polar surface area (TPSA) is 41.6 Å². The molecule has 4 nitrogen and oxygen atoms in total. The Kier molecular flexibility index (Phi) is 5.92. The third-order valence-electron chi connectivity index (χ3n) is 3.92. The molecule has 0 spiro atoms. The highest BCUT2D eigenvalue weighted by molar-refractivity contribution is 5.72. The van der Waals surface area contributed by atoms with Crippen molar-refractivity contribution in [3.05, 3.63) is 0 Å². The van der Waals surface area contributed by atoms with Gasteiger partial charge in [-0.1, -0.05) is 13.8 Å². The molecule has 3 atom stereocenters. The van der Waals surface area contributed by atoms with Gasteiger partial charge in [0.15, 0.2) is 0 Å². The monoisotopic (exact) mass is 242 g/mol. The van der Waals surface area contributed by atoms with Gasteiger partial charge in [0.05, 0.1) is 13.0 Å². The molecule has 1 aliphatic heterocycles. The molecular formula is C13H26N2O2. The van der Waals surface area contributed by atoms with Gasteiger partial charge in [0.1, 0.15) is 0 Å². The Morgan fingerprint density at radius 2 is 2.24 bits per heavy atom. The van der Waals surface area contributed by atoms with Crippen LogP contribution in [-0.4, -0.2) is 49.7 Å². The molecule has 1 saturated heterocycles. The number of piperidine rings is 1. The van der Waals surface area contributed by atoms with Gasteiger partial charge in [-0.05, 0) is 32.9 Å². The molecule has 1 aliphatic rings. The Labute approximate surface area is 105 Å². The zero-order valence-electron chi connectivity index (χ0n) is 11.5. The second-order valence-electron chi connectivity index (χ2n) is 4.88. The lowest BCUT2D eigenvalue weighted by Crippen LogP contribution is -2.52. The lowest BCUT2D eigenvalue weighted by molar-refractivity contribution is -0.147. The van der Waals surface area contributed by atoms with E-state index < -0.39 is 0 Å². The largest absolute Gasteiger partial charge is 0.469 e. The molecule has 1 rings (SSSR count). The van der Waals surface area contributed by atoms with Gasteiger partial charge in [0.2, 0.25) is 0 Å². The average molecular weight is 242 g/mol. The quantitative estimate of drug-likeness (QED) is 0.737. The molecule has 0 amide bonds. The van der Waals surface area contributed by atoms with E-state index in [0.717, 1.165) is 19.6 Å². The lowest BCUT2D eigenvalue weighted by Gasteiger charge is -2.39. The Morgan fingerprint density at radius 1 is 1.53 bits per heavy atom. The van der Waals surface area contributed by atoms with E-state index in [1.54, 1.807) is 0 Å². The first kappa shape index (κ1) is 14.5. The van der Waals surface area contributed by atoms with Crippen molar-refractivity contribution >= 4 is 5.97 Å². The normalized spacial score (nSPS) is 24.4. The second-order valence-corrected chi connectivity index (χ2v) is 4.88. The Bertz CT molecular complexity index is 240. The van der Waals surface area contributed by atoms with Gasteiger partial charge in [-0.15, -0.1) is 0 Å². The zero-order chi connectivity index (χ0) is 12.8. The van der Waals surface area contributed by atoms with Crippen LogP contribution in [-0.2, 0) is 9.53 Å². The van der Waals surface area contributed by atoms with E-state index in [-0.39, 0.29) is 17.9 Å². The van der Waals surface area contributed by atoms with Gasteiger partial charge in [-0.3, -0.25) is 9.69 Å². The van der Waals surface area contributed by atoms with Crippen LogP contribution in [0.3, 0.4) is 0 Å². The molecule has 0 aliphatic carbocycles. The number of hydrogen-bond donors (Lipinski definition) is 1. The van der Waals surface area contributed by atoms with E-state index in [0.29, 0.717) is 6.04 Å². The van der Waals surface area contributed by atoms with Crippen molar-refractivity contribution in [1.82, 2.24) is 10.2 Å². The molecule has 100 valence electrons. The standard InChI is InChI=1S/C13H26N2O2/c1-5-15(12-7-6-8-14-9-12)11(3)10(2)13(16)17-4/h10-12,14H,5-9H2,1-4H3. The molecule has 0 bridgehead atoms. The van der Waals surface area contributed by atoms with Crippen LogP contribution in [0, 0.1) is 5.92 Å². The molecular weight excluding hydrogens is 216 g/mol. The SMILES string of the molecule is CCN(C1CCCNC1)C(C)C(C)C(=O)OC. The van der Waals surface area contributed by atoms with Crippen molar-refractivity contribution < 1.29 is 9.53 Å². The summed E-state index contributed by atoms with van der Waals surface area (Å²) in [6.45, 7) is 9.38. The number of nitrogens with one attached hydrogen (secondary N) is 1. The minimum absolute atomic E-state index is 0.0677. The number of esters is 1. The number of likely N-dealkylation sites (N-methyl/N-ethyl adjacent to an activating group) is 1. The third-order valence-corrected chi connectivity index (χ3v) is 3.92. The summed E-state index contributed by atoms with van der Waals surface area (Å²) in [5.74, 6) is -0.179. The van der Waals surface area contributed by atoms with Crippen LogP contribution in [0.5, 0.6) is 0 Å². The van der Waals surface area contributed by atoms with E-state index in [2.05, 4.69) is 24.1 Å². The Hall–Kier alpha value is -0.610. The van der Waals surface area contributed by atoms with Crippen LogP contribution in [0.1, 0.15) is 33.6 Å². The van der Waals surface area contributed by atoms with Gasteiger partial charge in [-0.2, -0.15) is 0 Å². The van der Waals surface area contributed by atoms with Crippen molar-refractivity contribution in [2.24, 2.45) is 5.92 Å². The number of methoxy groups -OCH3 is 1. The van der Waals surface area contributed by atoms with E-state index >= 15 is 0 Å². The zero-order valence-corrected chi connectivity index (χ0v) is 11.5. The van der Waals surface area contributed by atoms with E-state index in [1.165, 1.54) is 20.0 Å². The molecule has 1 heterocycles. The lowest BCUT2D eigenvalue weighted by atomic mass is 9.97. The first-order valence-electron chi connectivity index (χ1n) is 6.66. The third kappa shape index (κ3) is 3.68. The summed E-state index contributed by atoms with van der Waals surface area (Å²) < 4.78 is 4.83. The number of ether oxygens (including phenoxy) is 1. The van der Waals surface area contributed by atoms with Gasteiger partial charge in [0.25, 0.3) is 0 Å². The van der Waals surface area contributed by atoms with Crippen LogP contribution in [0.2, 0.25) is 0 Å². The minimum Gasteiger partial charge on any atom is -0.469 e. The molecule has 0 aromatic rings. The van der Waals surface area contributed by atoms with Crippen molar-refractivity contribution in [3.8, 4) is 0 Å². The van der Waals surface area contributed by atoms with Gasteiger partial charge >= 0.3 is 5.97 Å². The molecule has 1 N–H and O–H groups in total. The Morgan fingerprint density at radius 3 is 2.71 bits per heavy atom. The van der Waals surface area contributed by atoms with Crippen molar-refractivity contribution in [3.63, 3.8) is 0 Å². The number of carbonyl (C=O) groups excluding carboxylic acids is 1. The number of carbonyl (C=O) groups is 1. The van der Waals surface area contributed by atoms with E-state index in [1.807, 2.05) is 6.92 Å². The average Bonchev–Trinajstić information content (AvgIpc) is 2.38. The van der Waals surface area contributed by atoms with Crippen LogP contribution in [0.15, 0.2) is 0 Å². The van der Waals surface area contributed by atoms with Crippen molar-refractivity contribution in [2.45, 2.75) is 45.7 Å². The fourth-order valence-electron chi connectivity index (χ4n) is 2.67. The van der Waals surface area contributed by atoms with Crippen LogP contribution in [0.4, 0.5) is 0 Å². The second kappa shape index (κ2) is 6.97. The highest BCUT2D eigenvalue weighted by Gasteiger charge is 2.30. The predicted molar refractivity (Wildman–Crippen MR) is 68.9 cm³/mol. The molecule has 0 aromatic heterocycles. The predicted octanol–water partition coefficient (Wildman–Crippen LogP) is 1.26. The highest BCUT2D eigenvalue weighted by atomic mass is 16.5. The summed E-state index contributed by atoms with van der Waals surface area (Å²) in [4.78, 5) is 14.0. The molecule has 4 heteroatoms. The summed E-state index contributed by atoms with van der Waals surface area (Å²) in [7, 11) is 1.46. The summed E-state index contributed by atoms with van der Waals surface area (Å²) in [5, 5.41) is 3.43. The Balaban J connectivity index is 2.61. The smallest absolute Gasteiger partial charge is 0.309 e. The van der Waals surface area contributed by atoms with E-state index in [4.69, 9.17) is 4.74 Å². The van der Waals surface area contributed by atoms with Crippen LogP contribution in [0.25, 0.3) is 0 Å². The molecule has 0 saturated carbocycles. The summed E-state index contributed by atoms with van der Waals surface area (Å²) >= 11 is 0. The first-order chi connectivity index (χ1) is 8.11. The fourth-order valence-corrected chi connectivity index (χ4v) is 2.67. The van der Waals surface area contributed by atoms with Crippen LogP contribution < -0.4 is 5.32 Å². The summed E-state index contributed by atoms with van der Waals surface area (Å²) in [6.07, 6.45) is 2.44. The van der Waals surface area contributed by atoms with Crippen LogP contribution >= 0.6 is 0 Å². The molecule has 17 heavy (non-hydrogen) atoms. The maximum Gasteiger partial charge on any atom is 0.309 e. The maximum absolute atomic E-state index is 11.6. The maximum atomic E-state index is 11.6. The van der Waals surface area contributed by atoms with Crippen molar-refractivity contribution in [2.75, 3.05) is 26.7 Å². The van der Waals surface area contributed by atoms with Gasteiger partial charge in [-0.25, -0.2) is 0 Å². The molecule has 3 unspecified atom stereocenters. The number of nitrogens with zero attached hydrogens (tertiary/aromatic N) is 1. The molecule has 1 fully saturated rings. The highest BCUT2D eigenvalue weighted by Crippen LogP contribution is 2.19. The molecule has 0 aromatic carbocycles. The van der Waals surface area contributed by atoms with Gasteiger partial charge in [0, 0.05) is 18.6 Å². The van der Waals surface area contributed by atoms with Crippen molar-refractivity contribution in [1.29, 1.82) is 0 Å².